The number of aliphatic hydroxyl groups is 2. The molecular weight excluding hydrogens is 464 g/mol. The van der Waals surface area contributed by atoms with E-state index >= 15 is 0 Å². The van der Waals surface area contributed by atoms with E-state index in [9.17, 15) is 24.6 Å². The number of benzene rings is 1. The van der Waals surface area contributed by atoms with Crippen molar-refractivity contribution in [2.24, 2.45) is 11.8 Å². The van der Waals surface area contributed by atoms with Crippen LogP contribution in [0.3, 0.4) is 0 Å². The molecule has 1 aromatic carbocycles. The van der Waals surface area contributed by atoms with Crippen molar-refractivity contribution < 1.29 is 34.1 Å². The van der Waals surface area contributed by atoms with E-state index in [0.717, 1.165) is 0 Å². The summed E-state index contributed by atoms with van der Waals surface area (Å²) in [6.07, 6.45) is -0.721. The molecule has 9 heteroatoms. The van der Waals surface area contributed by atoms with Crippen molar-refractivity contribution in [2.45, 2.75) is 64.3 Å². The van der Waals surface area contributed by atoms with Crippen molar-refractivity contribution in [3.8, 4) is 23.7 Å². The Hall–Kier alpha value is -3.53. The van der Waals surface area contributed by atoms with Crippen molar-refractivity contribution in [1.82, 2.24) is 10.6 Å². The zero-order valence-electron chi connectivity index (χ0n) is 21.5. The first-order valence-corrected chi connectivity index (χ1v) is 11.6. The number of nitrogens with one attached hydrogen (secondary N) is 2. The first kappa shape index (κ1) is 28.7. The maximum atomic E-state index is 12.8. The van der Waals surface area contributed by atoms with Crippen molar-refractivity contribution >= 4 is 18.0 Å². The van der Waals surface area contributed by atoms with Crippen molar-refractivity contribution in [1.29, 1.82) is 0 Å². The van der Waals surface area contributed by atoms with Gasteiger partial charge in [0, 0.05) is 29.6 Å². The monoisotopic (exact) mass is 498 g/mol. The van der Waals surface area contributed by atoms with E-state index in [-0.39, 0.29) is 24.0 Å². The fourth-order valence-corrected chi connectivity index (χ4v) is 3.54. The quantitative estimate of drug-likeness (QED) is 0.346. The van der Waals surface area contributed by atoms with Crippen molar-refractivity contribution in [3.05, 3.63) is 35.4 Å². The minimum Gasteiger partial charge on any atom is -0.467 e. The topological polar surface area (TPSA) is 134 Å². The highest BCUT2D eigenvalue weighted by Crippen LogP contribution is 2.33. The zero-order chi connectivity index (χ0) is 27.1. The number of carbonyl (C=O) groups is 3. The van der Waals surface area contributed by atoms with E-state index < -0.39 is 41.3 Å². The molecule has 0 saturated heterocycles. The van der Waals surface area contributed by atoms with Gasteiger partial charge in [-0.1, -0.05) is 11.8 Å². The average Bonchev–Trinajstić information content (AvgIpc) is 2.77. The molecule has 0 aromatic heterocycles. The largest absolute Gasteiger partial charge is 0.467 e. The molecule has 1 aromatic rings. The van der Waals surface area contributed by atoms with Crippen LogP contribution in [0.5, 0.6) is 0 Å². The Morgan fingerprint density at radius 1 is 1.11 bits per heavy atom. The summed E-state index contributed by atoms with van der Waals surface area (Å²) in [6, 6.07) is 5.21. The lowest BCUT2D eigenvalue weighted by atomic mass is 9.72. The zero-order valence-corrected chi connectivity index (χ0v) is 21.5. The van der Waals surface area contributed by atoms with Crippen LogP contribution in [0.4, 0.5) is 4.79 Å². The maximum Gasteiger partial charge on any atom is 0.408 e. The van der Waals surface area contributed by atoms with Gasteiger partial charge in [0.2, 0.25) is 0 Å². The lowest BCUT2D eigenvalue weighted by Gasteiger charge is -2.37. The van der Waals surface area contributed by atoms with Gasteiger partial charge >= 0.3 is 12.1 Å². The molecule has 1 fully saturated rings. The normalized spacial score (nSPS) is 19.7. The van der Waals surface area contributed by atoms with Gasteiger partial charge in [-0.25, -0.2) is 9.59 Å². The van der Waals surface area contributed by atoms with Gasteiger partial charge < -0.3 is 30.3 Å². The summed E-state index contributed by atoms with van der Waals surface area (Å²) in [5.74, 6) is 9.72. The minimum atomic E-state index is -1.22. The van der Waals surface area contributed by atoms with Crippen LogP contribution in [0, 0.1) is 35.5 Å². The summed E-state index contributed by atoms with van der Waals surface area (Å²) in [7, 11) is 1.19. The molecule has 2 amide bonds. The van der Waals surface area contributed by atoms with E-state index in [1.807, 2.05) is 0 Å². The third-order valence-corrected chi connectivity index (χ3v) is 5.65. The standard InChI is InChI=1S/C27H34N2O7/c1-26(2,3)36-25(34)29-27(4,5)22(24(33)35-6)28-23(32)18-13-11-17(12-14-18)9-7-8-10-19-15-21(31)20(19)16-30/h11-14,19-22,30-31H,15-16H2,1-6H3,(H,28,32)(H,29,34)/t19?,20-,21?,22-/m1/s1. The van der Waals surface area contributed by atoms with Crippen LogP contribution >= 0.6 is 0 Å². The van der Waals surface area contributed by atoms with Crippen LogP contribution in [-0.2, 0) is 14.3 Å². The summed E-state index contributed by atoms with van der Waals surface area (Å²) < 4.78 is 10.1. The molecule has 36 heavy (non-hydrogen) atoms. The Balaban J connectivity index is 2.06. The first-order valence-electron chi connectivity index (χ1n) is 11.6. The number of ether oxygens (including phenoxy) is 2. The average molecular weight is 499 g/mol. The molecule has 0 radical (unpaired) electrons. The maximum absolute atomic E-state index is 12.8. The molecule has 0 spiro atoms. The van der Waals surface area contributed by atoms with Crippen LogP contribution in [0.25, 0.3) is 0 Å². The Labute approximate surface area is 211 Å². The number of aliphatic hydroxyl groups excluding tert-OH is 2. The highest BCUT2D eigenvalue weighted by molar-refractivity contribution is 5.97. The number of methoxy groups -OCH3 is 1. The molecule has 2 unspecified atom stereocenters. The Morgan fingerprint density at radius 2 is 1.75 bits per heavy atom. The second-order valence-corrected chi connectivity index (χ2v) is 10.1. The number of amides is 2. The fourth-order valence-electron chi connectivity index (χ4n) is 3.54. The van der Waals surface area contributed by atoms with Crippen molar-refractivity contribution in [2.75, 3.05) is 13.7 Å². The number of hydrogen-bond donors (Lipinski definition) is 4. The molecule has 4 atom stereocenters. The summed E-state index contributed by atoms with van der Waals surface area (Å²) in [4.78, 5) is 37.5. The molecule has 1 saturated carbocycles. The molecule has 1 aliphatic carbocycles. The van der Waals surface area contributed by atoms with Crippen LogP contribution in [0.1, 0.15) is 57.0 Å². The lowest BCUT2D eigenvalue weighted by Crippen LogP contribution is -2.62. The first-order chi connectivity index (χ1) is 16.8. The summed E-state index contributed by atoms with van der Waals surface area (Å²) >= 11 is 0. The molecule has 0 bridgehead atoms. The minimum absolute atomic E-state index is 0.0674. The lowest BCUT2D eigenvalue weighted by molar-refractivity contribution is -0.144. The van der Waals surface area contributed by atoms with E-state index in [4.69, 9.17) is 9.47 Å². The van der Waals surface area contributed by atoms with Gasteiger partial charge in [0.25, 0.3) is 5.91 Å². The van der Waals surface area contributed by atoms with E-state index in [1.54, 1.807) is 58.9 Å². The number of esters is 1. The van der Waals surface area contributed by atoms with Gasteiger partial charge in [0.05, 0.1) is 18.8 Å². The van der Waals surface area contributed by atoms with E-state index in [0.29, 0.717) is 12.0 Å². The molecule has 2 rings (SSSR count). The van der Waals surface area contributed by atoms with Crippen LogP contribution in [0.2, 0.25) is 0 Å². The van der Waals surface area contributed by atoms with Crippen LogP contribution in [0.15, 0.2) is 24.3 Å². The number of rotatable bonds is 6. The Kier molecular flexibility index (Phi) is 9.52. The molecular formula is C27H34N2O7. The van der Waals surface area contributed by atoms with Gasteiger partial charge in [-0.05, 0) is 77.1 Å². The highest BCUT2D eigenvalue weighted by atomic mass is 16.6. The van der Waals surface area contributed by atoms with Crippen LogP contribution < -0.4 is 10.6 Å². The van der Waals surface area contributed by atoms with E-state index in [2.05, 4.69) is 34.3 Å². The predicted molar refractivity (Wildman–Crippen MR) is 133 cm³/mol. The molecule has 1 aliphatic rings. The number of hydrogen-bond acceptors (Lipinski definition) is 7. The van der Waals surface area contributed by atoms with Gasteiger partial charge in [-0.2, -0.15) is 0 Å². The SMILES string of the molecule is COC(=O)[C@@H](NC(=O)c1ccc(C#CC#CC2CC(O)[C@@H]2CO)cc1)C(C)(C)NC(=O)OC(C)(C)C. The third-order valence-electron chi connectivity index (χ3n) is 5.65. The van der Waals surface area contributed by atoms with Gasteiger partial charge in [-0.15, -0.1) is 0 Å². The second-order valence-electron chi connectivity index (χ2n) is 10.1. The molecule has 194 valence electrons. The summed E-state index contributed by atoms with van der Waals surface area (Å²) in [5.41, 5.74) is -1.05. The molecule has 0 heterocycles. The smallest absolute Gasteiger partial charge is 0.408 e. The van der Waals surface area contributed by atoms with Gasteiger partial charge in [-0.3, -0.25) is 4.79 Å². The number of alkyl carbamates (subject to hydrolysis) is 1. The van der Waals surface area contributed by atoms with Crippen molar-refractivity contribution in [3.63, 3.8) is 0 Å². The summed E-state index contributed by atoms with van der Waals surface area (Å²) in [5, 5.41) is 24.0. The van der Waals surface area contributed by atoms with E-state index in [1.165, 1.54) is 7.11 Å². The summed E-state index contributed by atoms with van der Waals surface area (Å²) in [6.45, 7) is 8.18. The predicted octanol–water partition coefficient (Wildman–Crippen LogP) is 1.61. The van der Waals surface area contributed by atoms with Crippen LogP contribution in [-0.4, -0.2) is 65.2 Å². The molecule has 4 N–H and O–H groups in total. The highest BCUT2D eigenvalue weighted by Gasteiger charge is 2.40. The number of carbonyl (C=O) groups excluding carboxylic acids is 3. The molecule has 9 nitrogen and oxygen atoms in total. The van der Waals surface area contributed by atoms with Gasteiger partial charge in [0.1, 0.15) is 11.6 Å². The van der Waals surface area contributed by atoms with Gasteiger partial charge in [0.15, 0.2) is 0 Å². The Morgan fingerprint density at radius 3 is 2.28 bits per heavy atom. The third kappa shape index (κ3) is 8.01. The molecule has 0 aliphatic heterocycles. The Bertz CT molecular complexity index is 1080. The fraction of sp³-hybridized carbons (Fsp3) is 0.519. The second kappa shape index (κ2) is 11.9.